The maximum Gasteiger partial charge on any atom is 0.326 e. The fourth-order valence-electron chi connectivity index (χ4n) is 4.18. The number of fused-ring (bicyclic) bond motifs is 1. The number of ether oxygens (including phenoxy) is 1. The molecular formula is C24H23ClN2O5S. The molecule has 9 heteroatoms. The number of nitrogens with zero attached hydrogens (tertiary/aromatic N) is 1. The van der Waals surface area contributed by atoms with Crippen molar-refractivity contribution in [3.05, 3.63) is 53.6 Å². The smallest absolute Gasteiger partial charge is 0.326 e. The number of halogens is 1. The van der Waals surface area contributed by atoms with Gasteiger partial charge in [-0.3, -0.25) is 24.1 Å². The second-order valence-electron chi connectivity index (χ2n) is 8.02. The van der Waals surface area contributed by atoms with E-state index in [1.54, 1.807) is 24.3 Å². The van der Waals surface area contributed by atoms with E-state index in [9.17, 15) is 19.2 Å². The van der Waals surface area contributed by atoms with E-state index in [4.69, 9.17) is 16.3 Å². The van der Waals surface area contributed by atoms with Gasteiger partial charge in [0, 0.05) is 14.8 Å². The van der Waals surface area contributed by atoms with Gasteiger partial charge in [-0.2, -0.15) is 0 Å². The molecule has 0 spiro atoms. The normalized spacial score (nSPS) is 19.8. The molecule has 7 nitrogen and oxygen atoms in total. The van der Waals surface area contributed by atoms with Crippen LogP contribution in [0.4, 0.5) is 5.69 Å². The zero-order valence-electron chi connectivity index (χ0n) is 17.8. The van der Waals surface area contributed by atoms with Gasteiger partial charge < -0.3 is 10.1 Å². The molecule has 2 aromatic rings. The highest BCUT2D eigenvalue weighted by atomic mass is 35.5. The van der Waals surface area contributed by atoms with Crippen LogP contribution in [0.2, 0.25) is 5.02 Å². The van der Waals surface area contributed by atoms with Crippen LogP contribution < -0.4 is 5.32 Å². The third-order valence-electron chi connectivity index (χ3n) is 5.79. The first-order chi connectivity index (χ1) is 15.9. The Kier molecular flexibility index (Phi) is 7.35. The van der Waals surface area contributed by atoms with Crippen LogP contribution in [0.15, 0.2) is 58.3 Å². The van der Waals surface area contributed by atoms with Crippen LogP contribution in [-0.4, -0.2) is 41.7 Å². The molecule has 2 atom stereocenters. The average Bonchev–Trinajstić information content (AvgIpc) is 3.05. The van der Waals surface area contributed by atoms with E-state index < -0.39 is 25.0 Å². The fraction of sp³-hybridized carbons (Fsp3) is 0.333. The molecule has 1 aliphatic heterocycles. The minimum Gasteiger partial charge on any atom is -0.454 e. The van der Waals surface area contributed by atoms with Crippen LogP contribution >= 0.6 is 23.4 Å². The average molecular weight is 487 g/mol. The first-order valence-corrected chi connectivity index (χ1v) is 11.9. The lowest BCUT2D eigenvalue weighted by Gasteiger charge is -2.19. The van der Waals surface area contributed by atoms with E-state index in [1.807, 2.05) is 24.3 Å². The van der Waals surface area contributed by atoms with Crippen molar-refractivity contribution in [2.75, 3.05) is 18.5 Å². The molecule has 0 aromatic heterocycles. The molecule has 3 amide bonds. The first-order valence-electron chi connectivity index (χ1n) is 10.8. The molecule has 1 heterocycles. The number of likely N-dealkylation sites (tertiary alicyclic amines) is 1. The summed E-state index contributed by atoms with van der Waals surface area (Å²) in [4.78, 5) is 52.3. The lowest BCUT2D eigenvalue weighted by Crippen LogP contribution is -2.37. The molecule has 172 valence electrons. The Balaban J connectivity index is 1.30. The Bertz CT molecular complexity index is 1050. The van der Waals surface area contributed by atoms with Crippen LogP contribution in [0.5, 0.6) is 0 Å². The highest BCUT2D eigenvalue weighted by molar-refractivity contribution is 7.99. The molecule has 0 bridgehead atoms. The van der Waals surface area contributed by atoms with Crippen molar-refractivity contribution < 1.29 is 23.9 Å². The topological polar surface area (TPSA) is 92.8 Å². The van der Waals surface area contributed by atoms with Crippen LogP contribution in [0.25, 0.3) is 0 Å². The van der Waals surface area contributed by atoms with Crippen molar-refractivity contribution in [3.63, 3.8) is 0 Å². The van der Waals surface area contributed by atoms with Crippen LogP contribution in [0.1, 0.15) is 25.7 Å². The quantitative estimate of drug-likeness (QED) is 0.467. The number of rotatable bonds is 7. The summed E-state index contributed by atoms with van der Waals surface area (Å²) >= 11 is 7.39. The Hall–Kier alpha value is -2.84. The second kappa shape index (κ2) is 10.4. The zero-order chi connectivity index (χ0) is 23.4. The van der Waals surface area contributed by atoms with Crippen LogP contribution in [0, 0.1) is 11.8 Å². The van der Waals surface area contributed by atoms with Gasteiger partial charge in [0.25, 0.3) is 5.91 Å². The molecule has 1 N–H and O–H groups in total. The first kappa shape index (κ1) is 23.3. The summed E-state index contributed by atoms with van der Waals surface area (Å²) in [5, 5.41) is 3.38. The van der Waals surface area contributed by atoms with Crippen molar-refractivity contribution in [1.29, 1.82) is 0 Å². The number of carbonyl (C=O) groups is 4. The summed E-state index contributed by atoms with van der Waals surface area (Å²) in [5.74, 6) is -2.55. The van der Waals surface area contributed by atoms with Gasteiger partial charge >= 0.3 is 5.97 Å². The van der Waals surface area contributed by atoms with Gasteiger partial charge in [0.2, 0.25) is 11.8 Å². The molecule has 4 rings (SSSR count). The van der Waals surface area contributed by atoms with Gasteiger partial charge in [0.15, 0.2) is 6.61 Å². The van der Waals surface area contributed by atoms with Crippen molar-refractivity contribution >= 4 is 52.7 Å². The van der Waals surface area contributed by atoms with E-state index in [2.05, 4.69) is 5.32 Å². The van der Waals surface area contributed by atoms with Crippen molar-refractivity contribution in [2.24, 2.45) is 11.8 Å². The monoisotopic (exact) mass is 486 g/mol. The van der Waals surface area contributed by atoms with Crippen LogP contribution in [-0.2, 0) is 23.9 Å². The SMILES string of the molecule is O=C(COC(=O)CN1C(=O)[C@H]2CCCC[C@@H]2C1=O)Nc1ccccc1Sc1ccc(Cl)cc1. The van der Waals surface area contributed by atoms with E-state index in [0.29, 0.717) is 23.6 Å². The number of anilines is 1. The van der Waals surface area contributed by atoms with Gasteiger partial charge in [-0.1, -0.05) is 48.3 Å². The van der Waals surface area contributed by atoms with E-state index in [0.717, 1.165) is 27.5 Å². The largest absolute Gasteiger partial charge is 0.454 e. The molecule has 1 saturated carbocycles. The molecule has 0 radical (unpaired) electrons. The number of para-hydroxylation sites is 1. The Morgan fingerprint density at radius 2 is 1.64 bits per heavy atom. The summed E-state index contributed by atoms with van der Waals surface area (Å²) in [6.07, 6.45) is 3.18. The predicted octanol–water partition coefficient (Wildman–Crippen LogP) is 4.15. The highest BCUT2D eigenvalue weighted by Crippen LogP contribution is 2.38. The van der Waals surface area contributed by atoms with Gasteiger partial charge in [-0.25, -0.2) is 0 Å². The number of esters is 1. The Morgan fingerprint density at radius 3 is 2.30 bits per heavy atom. The molecule has 1 aliphatic carbocycles. The van der Waals surface area contributed by atoms with Gasteiger partial charge in [0.1, 0.15) is 6.54 Å². The van der Waals surface area contributed by atoms with Gasteiger partial charge in [-0.05, 0) is 49.2 Å². The van der Waals surface area contributed by atoms with Crippen molar-refractivity contribution in [2.45, 2.75) is 35.5 Å². The standard InChI is InChI=1S/C24H23ClN2O5S/c25-15-9-11-16(12-10-15)33-20-8-4-3-7-19(20)26-21(28)14-32-22(29)13-27-23(30)17-5-1-2-6-18(17)24(27)31/h3-4,7-12,17-18H,1-2,5-6,13-14H2,(H,26,28)/t17-,18-/m0/s1. The number of imide groups is 1. The number of nitrogens with one attached hydrogen (secondary N) is 1. The van der Waals surface area contributed by atoms with Gasteiger partial charge in [-0.15, -0.1) is 0 Å². The Labute approximate surface area is 200 Å². The predicted molar refractivity (Wildman–Crippen MR) is 124 cm³/mol. The maximum absolute atomic E-state index is 12.5. The van der Waals surface area contributed by atoms with Crippen molar-refractivity contribution in [1.82, 2.24) is 4.90 Å². The lowest BCUT2D eigenvalue weighted by atomic mass is 9.81. The molecule has 33 heavy (non-hydrogen) atoms. The van der Waals surface area contributed by atoms with Gasteiger partial charge in [0.05, 0.1) is 17.5 Å². The van der Waals surface area contributed by atoms with E-state index >= 15 is 0 Å². The molecule has 2 fully saturated rings. The summed E-state index contributed by atoms with van der Waals surface area (Å²) in [6, 6.07) is 14.6. The molecule has 2 aliphatic rings. The lowest BCUT2D eigenvalue weighted by molar-refractivity contribution is -0.154. The molecule has 1 saturated heterocycles. The number of hydrogen-bond donors (Lipinski definition) is 1. The number of benzene rings is 2. The third-order valence-corrected chi connectivity index (χ3v) is 7.12. The van der Waals surface area contributed by atoms with Crippen LogP contribution in [0.3, 0.4) is 0 Å². The molecular weight excluding hydrogens is 464 g/mol. The maximum atomic E-state index is 12.5. The highest BCUT2D eigenvalue weighted by Gasteiger charge is 2.48. The summed E-state index contributed by atoms with van der Waals surface area (Å²) in [5.41, 5.74) is 0.576. The van der Waals surface area contributed by atoms with Crippen molar-refractivity contribution in [3.8, 4) is 0 Å². The molecule has 0 unspecified atom stereocenters. The molecule has 2 aromatic carbocycles. The minimum absolute atomic E-state index is 0.306. The number of hydrogen-bond acceptors (Lipinski definition) is 6. The van der Waals surface area contributed by atoms with E-state index in [1.165, 1.54) is 11.8 Å². The minimum atomic E-state index is -0.783. The number of amides is 3. The second-order valence-corrected chi connectivity index (χ2v) is 9.57. The number of carbonyl (C=O) groups excluding carboxylic acids is 4. The summed E-state index contributed by atoms with van der Waals surface area (Å²) < 4.78 is 5.04. The summed E-state index contributed by atoms with van der Waals surface area (Å²) in [6.45, 7) is -0.969. The third kappa shape index (κ3) is 5.57. The summed E-state index contributed by atoms with van der Waals surface area (Å²) in [7, 11) is 0. The zero-order valence-corrected chi connectivity index (χ0v) is 19.4. The van der Waals surface area contributed by atoms with E-state index in [-0.39, 0.29) is 23.7 Å². The fourth-order valence-corrected chi connectivity index (χ4v) is 5.21. The Morgan fingerprint density at radius 1 is 1.00 bits per heavy atom.